The third-order valence-electron chi connectivity index (χ3n) is 7.78. The van der Waals surface area contributed by atoms with E-state index in [1.54, 1.807) is 13.0 Å². The maximum atomic E-state index is 13.7. The summed E-state index contributed by atoms with van der Waals surface area (Å²) in [5.41, 5.74) is -3.64. The first-order chi connectivity index (χ1) is 23.9. The minimum atomic E-state index is -5.19. The zero-order chi connectivity index (χ0) is 37.7. The molecule has 0 fully saturated rings. The highest BCUT2D eigenvalue weighted by Crippen LogP contribution is 2.37. The van der Waals surface area contributed by atoms with E-state index in [-0.39, 0.29) is 53.4 Å². The average Bonchev–Trinajstić information content (AvgIpc) is 3.06. The number of alkyl halides is 6. The molecule has 3 aromatic rings. The first-order valence-electron chi connectivity index (χ1n) is 15.4. The van der Waals surface area contributed by atoms with Gasteiger partial charge in [0, 0.05) is 22.8 Å². The van der Waals surface area contributed by atoms with E-state index < -0.39 is 69.8 Å². The van der Waals surface area contributed by atoms with Crippen molar-refractivity contribution in [2.75, 3.05) is 6.61 Å². The number of aromatic hydroxyl groups is 1. The van der Waals surface area contributed by atoms with Crippen molar-refractivity contribution in [1.29, 1.82) is 0 Å². The van der Waals surface area contributed by atoms with Crippen LogP contribution in [-0.2, 0) is 12.6 Å². The van der Waals surface area contributed by atoms with Gasteiger partial charge in [0.15, 0.2) is 5.43 Å². The molecular weight excluding hydrogens is 706 g/mol. The van der Waals surface area contributed by atoms with Crippen molar-refractivity contribution in [3.05, 3.63) is 115 Å². The monoisotopic (exact) mass is 736 g/mol. The van der Waals surface area contributed by atoms with Crippen LogP contribution < -0.4 is 20.8 Å². The van der Waals surface area contributed by atoms with Gasteiger partial charge >= 0.3 is 18.3 Å². The molecule has 0 unspecified atom stereocenters. The number of aromatic carboxylic acids is 1. The van der Waals surface area contributed by atoms with Gasteiger partial charge in [0.05, 0.1) is 34.6 Å². The molecule has 51 heavy (non-hydrogen) atoms. The average molecular weight is 737 g/mol. The van der Waals surface area contributed by atoms with Crippen LogP contribution in [0.5, 0.6) is 11.5 Å². The smallest absolute Gasteiger partial charge is 0.455 e. The number of ether oxygens (including phenoxy) is 1. The Morgan fingerprint density at radius 1 is 1.10 bits per heavy atom. The Kier molecular flexibility index (Phi) is 12.1. The summed E-state index contributed by atoms with van der Waals surface area (Å²) in [6.45, 7) is 1.67. The van der Waals surface area contributed by atoms with Gasteiger partial charge in [-0.15, -0.1) is 0 Å². The number of rotatable bonds is 13. The Morgan fingerprint density at radius 3 is 2.47 bits per heavy atom. The first-order valence-corrected chi connectivity index (χ1v) is 15.8. The SMILES string of the molecule is CCCc1c(OCC/C=C\C=C\[C@@H](c2c(C(=O)O)oc3c(c2=O)=CCC(=S)C=3)[C@@H](O)c2cccc(C(F)(F)F)c2)ccc(C(=O)C(F)(F)F)c1O. The van der Waals surface area contributed by atoms with E-state index in [0.29, 0.717) is 17.4 Å². The molecule has 15 heteroatoms. The predicted molar refractivity (Wildman–Crippen MR) is 177 cm³/mol. The normalized spacial score (nSPS) is 14.5. The van der Waals surface area contributed by atoms with Crippen molar-refractivity contribution < 1.29 is 60.4 Å². The molecule has 0 aliphatic heterocycles. The number of aliphatic hydroxyl groups is 1. The fraction of sp³-hybridized carbons (Fsp3) is 0.278. The fourth-order valence-corrected chi connectivity index (χ4v) is 5.58. The summed E-state index contributed by atoms with van der Waals surface area (Å²) in [5, 5.41) is 31.7. The summed E-state index contributed by atoms with van der Waals surface area (Å²) >= 11 is 5.13. The van der Waals surface area contributed by atoms with E-state index in [4.69, 9.17) is 21.4 Å². The summed E-state index contributed by atoms with van der Waals surface area (Å²) < 4.78 is 90.6. The molecule has 0 saturated carbocycles. The number of allylic oxidation sites excluding steroid dienone is 2. The van der Waals surface area contributed by atoms with Crippen LogP contribution in [0.4, 0.5) is 26.3 Å². The fourth-order valence-electron chi connectivity index (χ4n) is 5.39. The van der Waals surface area contributed by atoms with Gasteiger partial charge in [0.25, 0.3) is 5.78 Å². The summed E-state index contributed by atoms with van der Waals surface area (Å²) in [4.78, 5) is 38.1. The van der Waals surface area contributed by atoms with Gasteiger partial charge in [-0.2, -0.15) is 26.3 Å². The minimum Gasteiger partial charge on any atom is -0.507 e. The summed E-state index contributed by atoms with van der Waals surface area (Å²) in [5.74, 6) is -6.97. The summed E-state index contributed by atoms with van der Waals surface area (Å²) in [6.07, 6.45) is -2.60. The van der Waals surface area contributed by atoms with Crippen molar-refractivity contribution in [1.82, 2.24) is 0 Å². The number of Topliss-reactive ketones (excluding diaryl/α,β-unsaturated/α-hetero) is 1. The van der Waals surface area contributed by atoms with E-state index in [9.17, 15) is 56.0 Å². The quantitative estimate of drug-likeness (QED) is 0.0592. The van der Waals surface area contributed by atoms with Crippen molar-refractivity contribution in [2.24, 2.45) is 0 Å². The van der Waals surface area contributed by atoms with Gasteiger partial charge in [-0.3, -0.25) is 9.59 Å². The molecule has 3 N–H and O–H groups in total. The van der Waals surface area contributed by atoms with Gasteiger partial charge in [0.1, 0.15) is 16.9 Å². The second kappa shape index (κ2) is 15.9. The molecule has 0 saturated heterocycles. The van der Waals surface area contributed by atoms with Crippen molar-refractivity contribution >= 4 is 41.0 Å². The Balaban J connectivity index is 1.64. The number of phenols is 1. The van der Waals surface area contributed by atoms with Crippen LogP contribution in [0.2, 0.25) is 0 Å². The zero-order valence-corrected chi connectivity index (χ0v) is 27.5. The maximum Gasteiger partial charge on any atom is 0.455 e. The minimum absolute atomic E-state index is 0.0183. The third-order valence-corrected chi connectivity index (χ3v) is 8.07. The predicted octanol–water partition coefficient (Wildman–Crippen LogP) is 6.49. The van der Waals surface area contributed by atoms with E-state index in [1.165, 1.54) is 36.4 Å². The number of hydrogen-bond acceptors (Lipinski definition) is 8. The van der Waals surface area contributed by atoms with Gasteiger partial charge in [-0.05, 0) is 48.7 Å². The highest BCUT2D eigenvalue weighted by Gasteiger charge is 2.41. The highest BCUT2D eigenvalue weighted by molar-refractivity contribution is 7.81. The number of carbonyl (C=O) groups excluding carboxylic acids is 1. The lowest BCUT2D eigenvalue weighted by Crippen LogP contribution is -2.45. The molecule has 1 heterocycles. The molecule has 8 nitrogen and oxygen atoms in total. The number of benzene rings is 2. The van der Waals surface area contributed by atoms with Crippen LogP contribution in [0, 0.1) is 0 Å². The largest absolute Gasteiger partial charge is 0.507 e. The van der Waals surface area contributed by atoms with Gasteiger partial charge < -0.3 is 24.5 Å². The molecule has 0 bridgehead atoms. The number of carbonyl (C=O) groups is 2. The summed E-state index contributed by atoms with van der Waals surface area (Å²) in [7, 11) is 0. The lowest BCUT2D eigenvalue weighted by molar-refractivity contribution is -0.137. The van der Waals surface area contributed by atoms with Gasteiger partial charge in [0.2, 0.25) is 5.76 Å². The number of aliphatic hydroxyl groups excluding tert-OH is 1. The lowest BCUT2D eigenvalue weighted by Gasteiger charge is -2.22. The van der Waals surface area contributed by atoms with E-state index in [1.807, 2.05) is 0 Å². The van der Waals surface area contributed by atoms with Gasteiger partial charge in [-0.25, -0.2) is 4.79 Å². The van der Waals surface area contributed by atoms with E-state index in [0.717, 1.165) is 24.3 Å². The maximum absolute atomic E-state index is 13.7. The first kappa shape index (κ1) is 38.8. The van der Waals surface area contributed by atoms with Crippen molar-refractivity contribution in [2.45, 2.75) is 57.0 Å². The number of ketones is 1. The van der Waals surface area contributed by atoms with Crippen LogP contribution in [0.1, 0.15) is 81.4 Å². The van der Waals surface area contributed by atoms with E-state index in [2.05, 4.69) is 0 Å². The number of phenolic OH excluding ortho intramolecular Hbond substituents is 1. The molecule has 4 rings (SSSR count). The molecule has 2 aromatic carbocycles. The second-order valence-corrected chi connectivity index (χ2v) is 11.9. The second-order valence-electron chi connectivity index (χ2n) is 11.3. The number of thiocarbonyl (C=S) groups is 1. The lowest BCUT2D eigenvalue weighted by atomic mass is 9.86. The summed E-state index contributed by atoms with van der Waals surface area (Å²) in [6, 6.07) is 5.71. The number of carboxylic acids is 1. The molecule has 1 aliphatic rings. The Labute approximate surface area is 291 Å². The number of carboxylic acid groups (broad SMARTS) is 1. The molecule has 2 atom stereocenters. The van der Waals surface area contributed by atoms with Crippen molar-refractivity contribution in [3.8, 4) is 11.5 Å². The molecule has 0 amide bonds. The third kappa shape index (κ3) is 9.02. The Hall–Kier alpha value is -5.02. The Bertz CT molecular complexity index is 2080. The van der Waals surface area contributed by atoms with Crippen LogP contribution >= 0.6 is 12.2 Å². The number of fused-ring (bicyclic) bond motifs is 1. The standard InChI is InChI=1S/C36H30F6O8S/c1-2-8-22-26(15-14-25(30(22)44)33(46)36(40,41)42)49-16-6-4-3-5-11-24(29(43)19-9-7-10-20(17-19)35(37,38)39)28-31(45)23-13-12-21(51)18-27(23)50-32(28)34(47)48/h3-5,7,9-11,13-15,17-18,24,29,43-44H,2,6,8,12,16H2,1H3,(H,47,48)/b4-3-,11-5+/t24-,29-/m0/s1. The number of halogens is 6. The number of hydrogen-bond donors (Lipinski definition) is 3. The molecule has 0 radical (unpaired) electrons. The molecule has 0 spiro atoms. The van der Waals surface area contributed by atoms with Crippen LogP contribution in [-0.4, -0.2) is 44.7 Å². The molecule has 270 valence electrons. The molecule has 1 aliphatic carbocycles. The van der Waals surface area contributed by atoms with E-state index >= 15 is 0 Å². The topological polar surface area (TPSA) is 134 Å². The van der Waals surface area contributed by atoms with Crippen LogP contribution in [0.3, 0.4) is 0 Å². The zero-order valence-electron chi connectivity index (χ0n) is 26.7. The highest BCUT2D eigenvalue weighted by atomic mass is 32.1. The van der Waals surface area contributed by atoms with Gasteiger partial charge in [-0.1, -0.05) is 68.1 Å². The molecule has 1 aromatic heterocycles. The van der Waals surface area contributed by atoms with Crippen LogP contribution in [0.25, 0.3) is 12.2 Å². The molecular formula is C36H30F6O8S. The Morgan fingerprint density at radius 2 is 1.82 bits per heavy atom. The van der Waals surface area contributed by atoms with Crippen LogP contribution in [0.15, 0.2) is 69.9 Å². The van der Waals surface area contributed by atoms with Crippen molar-refractivity contribution in [3.63, 3.8) is 0 Å².